The van der Waals surface area contributed by atoms with Crippen LogP contribution in [-0.2, 0) is 4.79 Å². The number of carbonyl (C=O) groups is 1. The van der Waals surface area contributed by atoms with Gasteiger partial charge in [0.05, 0.1) is 7.11 Å². The molecule has 1 amide bonds. The maximum Gasteiger partial charge on any atom is 0.242 e. The monoisotopic (exact) mass is 264 g/mol. The van der Waals surface area contributed by atoms with Crippen molar-refractivity contribution in [1.29, 1.82) is 0 Å². The highest BCUT2D eigenvalue weighted by molar-refractivity contribution is 5.87. The Labute approximate surface area is 115 Å². The number of anilines is 1. The highest BCUT2D eigenvalue weighted by atomic mass is 16.5. The maximum absolute atomic E-state index is 11.7. The molecule has 0 fully saturated rings. The first-order valence-electron chi connectivity index (χ1n) is 6.74. The Morgan fingerprint density at radius 1 is 1.32 bits per heavy atom. The smallest absolute Gasteiger partial charge is 0.242 e. The predicted molar refractivity (Wildman–Crippen MR) is 78.4 cm³/mol. The van der Waals surface area contributed by atoms with E-state index >= 15 is 0 Å². The van der Waals surface area contributed by atoms with Gasteiger partial charge in [-0.15, -0.1) is 0 Å². The molecule has 0 aliphatic carbocycles. The van der Waals surface area contributed by atoms with E-state index in [0.29, 0.717) is 0 Å². The van der Waals surface area contributed by atoms with Crippen molar-refractivity contribution in [2.45, 2.75) is 45.1 Å². The molecule has 0 saturated heterocycles. The summed E-state index contributed by atoms with van der Waals surface area (Å²) in [6.07, 6.45) is 3.95. The van der Waals surface area contributed by atoms with Gasteiger partial charge in [0.25, 0.3) is 0 Å². The molecule has 1 atom stereocenters. The van der Waals surface area contributed by atoms with Crippen LogP contribution in [0.3, 0.4) is 0 Å². The number of nitrogens with two attached hydrogens (primary N) is 1. The van der Waals surface area contributed by atoms with Crippen LogP contribution in [0.25, 0.3) is 0 Å². The van der Waals surface area contributed by atoms with E-state index in [2.05, 4.69) is 12.2 Å². The molecule has 1 unspecified atom stereocenters. The van der Waals surface area contributed by atoms with Crippen LogP contribution < -0.4 is 15.8 Å². The molecule has 1 aromatic carbocycles. The molecular weight excluding hydrogens is 240 g/mol. The molecule has 4 heteroatoms. The number of amides is 1. The molecule has 106 valence electrons. The van der Waals surface area contributed by atoms with Gasteiger partial charge < -0.3 is 15.8 Å². The van der Waals surface area contributed by atoms with Gasteiger partial charge in [0.1, 0.15) is 11.3 Å². The van der Waals surface area contributed by atoms with E-state index in [9.17, 15) is 4.79 Å². The Morgan fingerprint density at radius 3 is 2.42 bits per heavy atom. The Morgan fingerprint density at radius 2 is 1.95 bits per heavy atom. The first-order chi connectivity index (χ1) is 9.01. The average molecular weight is 264 g/mol. The Bertz CT molecular complexity index is 403. The van der Waals surface area contributed by atoms with E-state index in [-0.39, 0.29) is 5.91 Å². The van der Waals surface area contributed by atoms with Gasteiger partial charge in [-0.25, -0.2) is 0 Å². The minimum absolute atomic E-state index is 0.320. The number of unbranched alkanes of at least 4 members (excludes halogenated alkanes) is 2. The van der Waals surface area contributed by atoms with Gasteiger partial charge in [0, 0.05) is 5.69 Å². The first kappa shape index (κ1) is 15.3. The minimum Gasteiger partial charge on any atom is -0.497 e. The lowest BCUT2D eigenvalue weighted by Gasteiger charge is -2.28. The summed E-state index contributed by atoms with van der Waals surface area (Å²) < 4.78 is 5.11. The molecule has 19 heavy (non-hydrogen) atoms. The van der Waals surface area contributed by atoms with Crippen LogP contribution in [0, 0.1) is 0 Å². The Balaban J connectivity index is 2.73. The van der Waals surface area contributed by atoms with Crippen molar-refractivity contribution in [2.75, 3.05) is 12.4 Å². The average Bonchev–Trinajstić information content (AvgIpc) is 2.40. The van der Waals surface area contributed by atoms with Crippen molar-refractivity contribution >= 4 is 11.6 Å². The van der Waals surface area contributed by atoms with Crippen molar-refractivity contribution in [2.24, 2.45) is 5.73 Å². The number of rotatable bonds is 8. The SMILES string of the molecule is CCCCCC(C)(Nc1ccc(OC)cc1)C(N)=O. The minimum atomic E-state index is -0.705. The van der Waals surface area contributed by atoms with E-state index in [1.165, 1.54) is 0 Å². The summed E-state index contributed by atoms with van der Waals surface area (Å²) in [5.74, 6) is 0.469. The number of nitrogens with one attached hydrogen (secondary N) is 1. The second-order valence-corrected chi connectivity index (χ2v) is 5.01. The molecule has 0 aliphatic heterocycles. The van der Waals surface area contributed by atoms with Crippen LogP contribution in [0.1, 0.15) is 39.5 Å². The second-order valence-electron chi connectivity index (χ2n) is 5.01. The van der Waals surface area contributed by atoms with Gasteiger partial charge >= 0.3 is 0 Å². The van der Waals surface area contributed by atoms with E-state index in [1.807, 2.05) is 31.2 Å². The van der Waals surface area contributed by atoms with Crippen molar-refractivity contribution in [3.05, 3.63) is 24.3 Å². The molecule has 3 N–H and O–H groups in total. The van der Waals surface area contributed by atoms with Gasteiger partial charge in [-0.1, -0.05) is 26.2 Å². The molecular formula is C15H24N2O2. The summed E-state index contributed by atoms with van der Waals surface area (Å²) in [5.41, 5.74) is 5.70. The van der Waals surface area contributed by atoms with Crippen LogP contribution in [0.15, 0.2) is 24.3 Å². The van der Waals surface area contributed by atoms with Gasteiger partial charge in [0.2, 0.25) is 5.91 Å². The zero-order valence-electron chi connectivity index (χ0n) is 12.0. The fourth-order valence-corrected chi connectivity index (χ4v) is 1.97. The molecule has 0 bridgehead atoms. The van der Waals surface area contributed by atoms with Crippen LogP contribution in [0.4, 0.5) is 5.69 Å². The van der Waals surface area contributed by atoms with Crippen LogP contribution >= 0.6 is 0 Å². The van der Waals surface area contributed by atoms with Crippen molar-refractivity contribution in [3.63, 3.8) is 0 Å². The van der Waals surface area contributed by atoms with Gasteiger partial charge in [-0.3, -0.25) is 4.79 Å². The molecule has 0 heterocycles. The molecule has 1 rings (SSSR count). The fraction of sp³-hybridized carbons (Fsp3) is 0.533. The van der Waals surface area contributed by atoms with Gasteiger partial charge in [-0.05, 0) is 37.6 Å². The third kappa shape index (κ3) is 4.47. The molecule has 1 aromatic rings. The zero-order valence-corrected chi connectivity index (χ0v) is 12.0. The molecule has 4 nitrogen and oxygen atoms in total. The van der Waals surface area contributed by atoms with E-state index in [0.717, 1.165) is 37.1 Å². The fourth-order valence-electron chi connectivity index (χ4n) is 1.97. The molecule has 0 aliphatic rings. The van der Waals surface area contributed by atoms with Crippen molar-refractivity contribution in [3.8, 4) is 5.75 Å². The Hall–Kier alpha value is -1.71. The van der Waals surface area contributed by atoms with Gasteiger partial charge in [-0.2, -0.15) is 0 Å². The number of hydrogen-bond acceptors (Lipinski definition) is 3. The van der Waals surface area contributed by atoms with Crippen molar-refractivity contribution < 1.29 is 9.53 Å². The molecule has 0 spiro atoms. The quantitative estimate of drug-likeness (QED) is 0.709. The predicted octanol–water partition coefficient (Wildman–Crippen LogP) is 2.93. The van der Waals surface area contributed by atoms with Gasteiger partial charge in [0.15, 0.2) is 0 Å². The summed E-state index contributed by atoms with van der Waals surface area (Å²) >= 11 is 0. The maximum atomic E-state index is 11.7. The van der Waals surface area contributed by atoms with Crippen LogP contribution in [0.5, 0.6) is 5.75 Å². The number of carbonyl (C=O) groups excluding carboxylic acids is 1. The standard InChI is InChI=1S/C15H24N2O2/c1-4-5-6-11-15(2,14(16)18)17-12-7-9-13(19-3)10-8-12/h7-10,17H,4-6,11H2,1-3H3,(H2,16,18). The number of hydrogen-bond donors (Lipinski definition) is 2. The Kier molecular flexibility index (Phi) is 5.67. The number of methoxy groups -OCH3 is 1. The van der Waals surface area contributed by atoms with Crippen LogP contribution in [0.2, 0.25) is 0 Å². The molecule has 0 aromatic heterocycles. The van der Waals surface area contributed by atoms with E-state index in [1.54, 1.807) is 7.11 Å². The molecule has 0 saturated carbocycles. The highest BCUT2D eigenvalue weighted by Crippen LogP contribution is 2.23. The number of ether oxygens (including phenoxy) is 1. The lowest BCUT2D eigenvalue weighted by atomic mass is 9.93. The van der Waals surface area contributed by atoms with E-state index < -0.39 is 5.54 Å². The summed E-state index contributed by atoms with van der Waals surface area (Å²) in [7, 11) is 1.63. The lowest BCUT2D eigenvalue weighted by Crippen LogP contribution is -2.47. The van der Waals surface area contributed by atoms with Crippen molar-refractivity contribution in [1.82, 2.24) is 0 Å². The first-order valence-corrected chi connectivity index (χ1v) is 6.74. The third-order valence-electron chi connectivity index (χ3n) is 3.33. The van der Waals surface area contributed by atoms with E-state index in [4.69, 9.17) is 10.5 Å². The number of benzene rings is 1. The largest absolute Gasteiger partial charge is 0.497 e. The highest BCUT2D eigenvalue weighted by Gasteiger charge is 2.30. The number of primary amides is 1. The summed E-state index contributed by atoms with van der Waals surface area (Å²) in [6.45, 7) is 3.99. The summed E-state index contributed by atoms with van der Waals surface area (Å²) in [4.78, 5) is 11.7. The topological polar surface area (TPSA) is 64.3 Å². The molecule has 0 radical (unpaired) electrons. The third-order valence-corrected chi connectivity index (χ3v) is 3.33. The lowest BCUT2D eigenvalue weighted by molar-refractivity contribution is -0.122. The summed E-state index contributed by atoms with van der Waals surface area (Å²) in [6, 6.07) is 7.49. The summed E-state index contributed by atoms with van der Waals surface area (Å²) in [5, 5.41) is 3.23. The normalized spacial score (nSPS) is 13.6. The van der Waals surface area contributed by atoms with Crippen LogP contribution in [-0.4, -0.2) is 18.6 Å². The zero-order chi connectivity index (χ0) is 14.3. The second kappa shape index (κ2) is 7.02.